The summed E-state index contributed by atoms with van der Waals surface area (Å²) < 4.78 is 7.11. The fourth-order valence-corrected chi connectivity index (χ4v) is 3.15. The van der Waals surface area contributed by atoms with Crippen molar-refractivity contribution in [2.45, 2.75) is 45.3 Å². The Hall–Kier alpha value is -2.84. The average Bonchev–Trinajstić information content (AvgIpc) is 2.99. The number of piperidine rings is 1. The number of alkyl carbamates (subject to hydrolysis) is 1. The van der Waals surface area contributed by atoms with Crippen LogP contribution in [-0.2, 0) is 11.8 Å². The highest BCUT2D eigenvalue weighted by molar-refractivity contribution is 5.75. The summed E-state index contributed by atoms with van der Waals surface area (Å²) in [7, 11) is 1.86. The van der Waals surface area contributed by atoms with Gasteiger partial charge in [-0.15, -0.1) is 0 Å². The van der Waals surface area contributed by atoms with Gasteiger partial charge in [0.25, 0.3) is 0 Å². The van der Waals surface area contributed by atoms with Crippen LogP contribution in [0.4, 0.5) is 16.6 Å². The fraction of sp³-hybridized carbons (Fsp3) is 0.556. The summed E-state index contributed by atoms with van der Waals surface area (Å²) in [5.74, 6) is 0.978. The van der Waals surface area contributed by atoms with Crippen molar-refractivity contribution in [3.05, 3.63) is 18.6 Å². The van der Waals surface area contributed by atoms with Gasteiger partial charge in [-0.05, 0) is 33.6 Å². The number of aromatic nitrogens is 4. The number of nitrogen functional groups attached to an aromatic ring is 1. The Morgan fingerprint density at radius 1 is 1.37 bits per heavy atom. The van der Waals surface area contributed by atoms with Gasteiger partial charge in [0.15, 0.2) is 0 Å². The third-order valence-corrected chi connectivity index (χ3v) is 4.24. The predicted molar refractivity (Wildman–Crippen MR) is 103 cm³/mol. The molecule has 2 aromatic heterocycles. The van der Waals surface area contributed by atoms with Crippen LogP contribution < -0.4 is 16.0 Å². The normalized spacial score (nSPS) is 17.6. The summed E-state index contributed by atoms with van der Waals surface area (Å²) in [5, 5.41) is 7.19. The molecule has 9 heteroatoms. The van der Waals surface area contributed by atoms with Gasteiger partial charge in [-0.25, -0.2) is 9.78 Å². The lowest BCUT2D eigenvalue weighted by Crippen LogP contribution is -2.49. The first-order chi connectivity index (χ1) is 12.7. The maximum atomic E-state index is 12.1. The maximum absolute atomic E-state index is 12.1. The number of nitrogens with one attached hydrogen (secondary N) is 1. The van der Waals surface area contributed by atoms with Crippen molar-refractivity contribution < 1.29 is 9.53 Å². The van der Waals surface area contributed by atoms with Gasteiger partial charge in [-0.1, -0.05) is 0 Å². The van der Waals surface area contributed by atoms with Gasteiger partial charge in [-0.3, -0.25) is 4.68 Å². The molecule has 1 saturated heterocycles. The van der Waals surface area contributed by atoms with E-state index < -0.39 is 11.7 Å². The number of rotatable bonds is 3. The first kappa shape index (κ1) is 18.9. The standard InChI is InChI=1S/C18H27N7O2/c1-18(2,3)27-17(26)22-13-6-5-7-25(11-13)15-14(9-20-16(19)23-15)12-8-21-24(4)10-12/h8-10,13H,5-7,11H2,1-4H3,(H,22,26)(H2,19,20,23)/t13-/m1/s1. The molecule has 1 fully saturated rings. The van der Waals surface area contributed by atoms with Gasteiger partial charge in [0, 0.05) is 49.7 Å². The molecule has 1 amide bonds. The number of anilines is 2. The van der Waals surface area contributed by atoms with E-state index in [9.17, 15) is 4.79 Å². The smallest absolute Gasteiger partial charge is 0.407 e. The second-order valence-electron chi connectivity index (χ2n) is 7.80. The maximum Gasteiger partial charge on any atom is 0.407 e. The number of carbonyl (C=O) groups is 1. The third kappa shape index (κ3) is 4.87. The fourth-order valence-electron chi connectivity index (χ4n) is 3.15. The van der Waals surface area contributed by atoms with Crippen LogP contribution in [0.25, 0.3) is 11.1 Å². The van der Waals surface area contributed by atoms with Crippen molar-refractivity contribution in [3.63, 3.8) is 0 Å². The molecule has 1 aliphatic heterocycles. The van der Waals surface area contributed by atoms with Gasteiger partial charge < -0.3 is 20.7 Å². The molecule has 0 saturated carbocycles. The molecule has 3 rings (SSSR count). The summed E-state index contributed by atoms with van der Waals surface area (Å²) in [6, 6.07) is -0.0217. The van der Waals surface area contributed by atoms with Gasteiger partial charge in [0.2, 0.25) is 5.95 Å². The first-order valence-corrected chi connectivity index (χ1v) is 9.07. The zero-order valence-corrected chi connectivity index (χ0v) is 16.3. The van der Waals surface area contributed by atoms with Crippen LogP contribution in [0.3, 0.4) is 0 Å². The van der Waals surface area contributed by atoms with E-state index in [4.69, 9.17) is 10.5 Å². The van der Waals surface area contributed by atoms with Crippen LogP contribution in [0.15, 0.2) is 18.6 Å². The Morgan fingerprint density at radius 2 is 2.15 bits per heavy atom. The van der Waals surface area contributed by atoms with Crippen molar-refractivity contribution in [1.82, 2.24) is 25.1 Å². The molecule has 1 atom stereocenters. The van der Waals surface area contributed by atoms with E-state index in [0.29, 0.717) is 6.54 Å². The number of nitrogens with two attached hydrogens (primary N) is 1. The van der Waals surface area contributed by atoms with Crippen LogP contribution in [0.1, 0.15) is 33.6 Å². The van der Waals surface area contributed by atoms with E-state index in [1.54, 1.807) is 17.1 Å². The topological polar surface area (TPSA) is 111 Å². The van der Waals surface area contributed by atoms with Gasteiger partial charge in [0.1, 0.15) is 11.4 Å². The van der Waals surface area contributed by atoms with Crippen molar-refractivity contribution >= 4 is 17.9 Å². The minimum atomic E-state index is -0.521. The molecular weight excluding hydrogens is 346 g/mol. The van der Waals surface area contributed by atoms with Crippen molar-refractivity contribution in [3.8, 4) is 11.1 Å². The molecule has 3 heterocycles. The Bertz CT molecular complexity index is 812. The Balaban J connectivity index is 1.78. The van der Waals surface area contributed by atoms with E-state index in [1.807, 2.05) is 34.0 Å². The molecule has 0 bridgehead atoms. The third-order valence-electron chi connectivity index (χ3n) is 4.24. The van der Waals surface area contributed by atoms with E-state index in [2.05, 4.69) is 25.3 Å². The van der Waals surface area contributed by atoms with Crippen LogP contribution in [-0.4, -0.2) is 50.6 Å². The van der Waals surface area contributed by atoms with Gasteiger partial charge in [-0.2, -0.15) is 10.1 Å². The number of nitrogens with zero attached hydrogens (tertiary/aromatic N) is 5. The molecule has 146 valence electrons. The highest BCUT2D eigenvalue weighted by Gasteiger charge is 2.26. The largest absolute Gasteiger partial charge is 0.444 e. The lowest BCUT2D eigenvalue weighted by Gasteiger charge is -2.35. The lowest BCUT2D eigenvalue weighted by molar-refractivity contribution is 0.0500. The highest BCUT2D eigenvalue weighted by Crippen LogP contribution is 2.30. The van der Waals surface area contributed by atoms with Crippen LogP contribution in [0, 0.1) is 0 Å². The SMILES string of the molecule is Cn1cc(-c2cnc(N)nc2N2CCC[C@@H](NC(=O)OC(C)(C)C)C2)cn1. The number of hydrogen-bond donors (Lipinski definition) is 2. The molecular formula is C18H27N7O2. The quantitative estimate of drug-likeness (QED) is 0.846. The van der Waals surface area contributed by atoms with E-state index >= 15 is 0 Å². The van der Waals surface area contributed by atoms with E-state index in [0.717, 1.165) is 36.3 Å². The monoisotopic (exact) mass is 373 g/mol. The van der Waals surface area contributed by atoms with Gasteiger partial charge in [0.05, 0.1) is 6.20 Å². The number of aryl methyl sites for hydroxylation is 1. The Morgan fingerprint density at radius 3 is 2.81 bits per heavy atom. The predicted octanol–water partition coefficient (Wildman–Crippen LogP) is 1.95. The molecule has 0 aliphatic carbocycles. The van der Waals surface area contributed by atoms with Crippen molar-refractivity contribution in [1.29, 1.82) is 0 Å². The summed E-state index contributed by atoms with van der Waals surface area (Å²) in [6.07, 6.45) is 6.83. The zero-order valence-electron chi connectivity index (χ0n) is 16.3. The second-order valence-corrected chi connectivity index (χ2v) is 7.80. The average molecular weight is 373 g/mol. The molecule has 3 N–H and O–H groups in total. The lowest BCUT2D eigenvalue weighted by atomic mass is 10.0. The molecule has 0 aromatic carbocycles. The van der Waals surface area contributed by atoms with Crippen LogP contribution in [0.5, 0.6) is 0 Å². The summed E-state index contributed by atoms with van der Waals surface area (Å²) in [4.78, 5) is 22.8. The Kier molecular flexibility index (Phi) is 5.20. The Labute approximate surface area is 158 Å². The molecule has 2 aromatic rings. The minimum absolute atomic E-state index is 0.0217. The minimum Gasteiger partial charge on any atom is -0.444 e. The molecule has 1 aliphatic rings. The summed E-state index contributed by atoms with van der Waals surface area (Å²) in [5.41, 5.74) is 7.12. The number of hydrogen-bond acceptors (Lipinski definition) is 7. The van der Waals surface area contributed by atoms with E-state index in [1.165, 1.54) is 0 Å². The molecule has 0 spiro atoms. The first-order valence-electron chi connectivity index (χ1n) is 9.07. The molecule has 9 nitrogen and oxygen atoms in total. The molecule has 0 radical (unpaired) electrons. The van der Waals surface area contributed by atoms with Crippen molar-refractivity contribution in [2.24, 2.45) is 7.05 Å². The van der Waals surface area contributed by atoms with E-state index in [-0.39, 0.29) is 12.0 Å². The second kappa shape index (κ2) is 7.42. The molecule has 0 unspecified atom stereocenters. The summed E-state index contributed by atoms with van der Waals surface area (Å²) >= 11 is 0. The zero-order chi connectivity index (χ0) is 19.6. The summed E-state index contributed by atoms with van der Waals surface area (Å²) in [6.45, 7) is 7.01. The highest BCUT2D eigenvalue weighted by atomic mass is 16.6. The van der Waals surface area contributed by atoms with Crippen molar-refractivity contribution in [2.75, 3.05) is 23.7 Å². The van der Waals surface area contributed by atoms with Crippen LogP contribution >= 0.6 is 0 Å². The number of ether oxygens (including phenoxy) is 1. The van der Waals surface area contributed by atoms with Gasteiger partial charge >= 0.3 is 6.09 Å². The number of amides is 1. The number of carbonyl (C=O) groups excluding carboxylic acids is 1. The molecule has 27 heavy (non-hydrogen) atoms. The van der Waals surface area contributed by atoms with Crippen LogP contribution in [0.2, 0.25) is 0 Å².